The van der Waals surface area contributed by atoms with E-state index < -0.39 is 11.9 Å². The molecule has 0 spiro atoms. The summed E-state index contributed by atoms with van der Waals surface area (Å²) in [4.78, 5) is 25.8. The van der Waals surface area contributed by atoms with Crippen LogP contribution in [-0.2, 0) is 22.6 Å². The average Bonchev–Trinajstić information content (AvgIpc) is 2.75. The second-order valence-electron chi connectivity index (χ2n) is 7.89. The first-order valence-corrected chi connectivity index (χ1v) is 10.5. The van der Waals surface area contributed by atoms with Gasteiger partial charge in [0.2, 0.25) is 5.91 Å². The lowest BCUT2D eigenvalue weighted by molar-refractivity contribution is -0.120. The molecule has 0 aliphatic carbocycles. The zero-order valence-electron chi connectivity index (χ0n) is 18.2. The van der Waals surface area contributed by atoms with Gasteiger partial charge in [0.05, 0.1) is 24.4 Å². The molecule has 1 fully saturated rings. The molecule has 2 aromatic carbocycles. The van der Waals surface area contributed by atoms with Crippen LogP contribution in [0.15, 0.2) is 42.5 Å². The Balaban J connectivity index is 1.41. The Morgan fingerprint density at radius 1 is 0.938 bits per heavy atom. The highest BCUT2D eigenvalue weighted by Crippen LogP contribution is 2.24. The molecular weight excluding hydrogens is 418 g/mol. The number of amides is 3. The number of hydrogen-bond donors (Lipinski definition) is 3. The van der Waals surface area contributed by atoms with Crippen LogP contribution in [-0.4, -0.2) is 43.8 Å². The van der Waals surface area contributed by atoms with E-state index in [2.05, 4.69) is 16.0 Å². The van der Waals surface area contributed by atoms with Gasteiger partial charge in [0.15, 0.2) is 0 Å². The van der Waals surface area contributed by atoms with Gasteiger partial charge in [-0.15, -0.1) is 0 Å². The van der Waals surface area contributed by atoms with Crippen molar-refractivity contribution in [2.24, 2.45) is 0 Å². The highest BCUT2D eigenvalue weighted by atomic mass is 19.1. The maximum atomic E-state index is 14.6. The van der Waals surface area contributed by atoms with Gasteiger partial charge >= 0.3 is 6.03 Å². The molecule has 172 valence electrons. The van der Waals surface area contributed by atoms with Crippen LogP contribution in [0.4, 0.5) is 19.3 Å². The van der Waals surface area contributed by atoms with Crippen molar-refractivity contribution in [1.29, 1.82) is 0 Å². The third-order valence-corrected chi connectivity index (χ3v) is 5.04. The van der Waals surface area contributed by atoms with Crippen LogP contribution in [0, 0.1) is 11.6 Å². The fourth-order valence-corrected chi connectivity index (χ4v) is 3.56. The summed E-state index contributed by atoms with van der Waals surface area (Å²) in [7, 11) is 0. The number of nitrogens with one attached hydrogen (secondary N) is 3. The quantitative estimate of drug-likeness (QED) is 0.611. The van der Waals surface area contributed by atoms with Crippen molar-refractivity contribution < 1.29 is 23.1 Å². The molecule has 1 aliphatic rings. The SMILES string of the molecule is CC1CN(c2ccc(CNC(=O)CNC(=O)NCc3ccc(F)cc3)cc2F)CC(C)O1. The number of urea groups is 1. The summed E-state index contributed by atoms with van der Waals surface area (Å²) in [6.45, 7) is 5.28. The Hall–Kier alpha value is -3.20. The van der Waals surface area contributed by atoms with Crippen LogP contribution >= 0.6 is 0 Å². The second-order valence-corrected chi connectivity index (χ2v) is 7.89. The van der Waals surface area contributed by atoms with Crippen LogP contribution in [0.25, 0.3) is 0 Å². The van der Waals surface area contributed by atoms with Crippen molar-refractivity contribution in [2.75, 3.05) is 24.5 Å². The molecule has 0 radical (unpaired) electrons. The van der Waals surface area contributed by atoms with E-state index in [4.69, 9.17) is 4.74 Å². The van der Waals surface area contributed by atoms with Crippen LogP contribution in [0.1, 0.15) is 25.0 Å². The largest absolute Gasteiger partial charge is 0.372 e. The van der Waals surface area contributed by atoms with Gasteiger partial charge in [-0.1, -0.05) is 18.2 Å². The molecule has 0 bridgehead atoms. The maximum Gasteiger partial charge on any atom is 0.315 e. The number of benzene rings is 2. The molecule has 0 aromatic heterocycles. The molecule has 0 saturated carbocycles. The second kappa shape index (κ2) is 10.9. The Kier molecular flexibility index (Phi) is 7.99. The molecule has 2 atom stereocenters. The third-order valence-electron chi connectivity index (χ3n) is 5.04. The number of nitrogens with zero attached hydrogens (tertiary/aromatic N) is 1. The van der Waals surface area contributed by atoms with Crippen LogP contribution in [0.5, 0.6) is 0 Å². The topological polar surface area (TPSA) is 82.7 Å². The van der Waals surface area contributed by atoms with E-state index in [0.717, 1.165) is 5.56 Å². The minimum Gasteiger partial charge on any atom is -0.372 e. The Bertz CT molecular complexity index is 929. The van der Waals surface area contributed by atoms with E-state index in [1.807, 2.05) is 18.7 Å². The van der Waals surface area contributed by atoms with Crippen LogP contribution < -0.4 is 20.9 Å². The molecule has 1 saturated heterocycles. The van der Waals surface area contributed by atoms with Crippen molar-refractivity contribution in [3.05, 3.63) is 65.2 Å². The molecule has 2 unspecified atom stereocenters. The maximum absolute atomic E-state index is 14.6. The molecule has 3 amide bonds. The van der Waals surface area contributed by atoms with E-state index in [0.29, 0.717) is 24.3 Å². The lowest BCUT2D eigenvalue weighted by atomic mass is 10.1. The van der Waals surface area contributed by atoms with E-state index in [9.17, 15) is 18.4 Å². The van der Waals surface area contributed by atoms with E-state index in [-0.39, 0.29) is 43.5 Å². The van der Waals surface area contributed by atoms with Crippen molar-refractivity contribution in [3.8, 4) is 0 Å². The van der Waals surface area contributed by atoms with Gasteiger partial charge in [0.25, 0.3) is 0 Å². The molecule has 2 aromatic rings. The predicted octanol–water partition coefficient (Wildman–Crippen LogP) is 2.69. The van der Waals surface area contributed by atoms with Crippen molar-refractivity contribution in [1.82, 2.24) is 16.0 Å². The van der Waals surface area contributed by atoms with E-state index in [1.165, 1.54) is 18.2 Å². The van der Waals surface area contributed by atoms with Gasteiger partial charge in [-0.3, -0.25) is 4.79 Å². The molecule has 3 rings (SSSR count). The van der Waals surface area contributed by atoms with Gasteiger partial charge in [-0.2, -0.15) is 0 Å². The highest BCUT2D eigenvalue weighted by Gasteiger charge is 2.24. The molecule has 1 heterocycles. The lowest BCUT2D eigenvalue weighted by Crippen LogP contribution is -2.45. The zero-order valence-corrected chi connectivity index (χ0v) is 18.2. The minimum atomic E-state index is -0.520. The van der Waals surface area contributed by atoms with Crippen LogP contribution in [0.3, 0.4) is 0 Å². The summed E-state index contributed by atoms with van der Waals surface area (Å²) in [5.74, 6) is -1.10. The molecular formula is C23H28F2N4O3. The fraction of sp³-hybridized carbons (Fsp3) is 0.391. The number of ether oxygens (including phenoxy) is 1. The number of rotatable bonds is 7. The first-order valence-electron chi connectivity index (χ1n) is 10.5. The molecule has 1 aliphatic heterocycles. The van der Waals surface area contributed by atoms with Crippen molar-refractivity contribution >= 4 is 17.6 Å². The van der Waals surface area contributed by atoms with Gasteiger partial charge in [-0.05, 0) is 49.2 Å². The molecule has 3 N–H and O–H groups in total. The Morgan fingerprint density at radius 3 is 2.22 bits per heavy atom. The van der Waals surface area contributed by atoms with Gasteiger partial charge in [-0.25, -0.2) is 13.6 Å². The lowest BCUT2D eigenvalue weighted by Gasteiger charge is -2.37. The van der Waals surface area contributed by atoms with Gasteiger partial charge in [0.1, 0.15) is 11.6 Å². The smallest absolute Gasteiger partial charge is 0.315 e. The predicted molar refractivity (Wildman–Crippen MR) is 117 cm³/mol. The van der Waals surface area contributed by atoms with Gasteiger partial charge < -0.3 is 25.6 Å². The van der Waals surface area contributed by atoms with Crippen molar-refractivity contribution in [2.45, 2.75) is 39.1 Å². The summed E-state index contributed by atoms with van der Waals surface area (Å²) in [5.41, 5.74) is 1.87. The molecule has 9 heteroatoms. The summed E-state index contributed by atoms with van der Waals surface area (Å²) in [5, 5.41) is 7.68. The third kappa shape index (κ3) is 6.91. The monoisotopic (exact) mass is 446 g/mol. The van der Waals surface area contributed by atoms with Gasteiger partial charge in [0, 0.05) is 26.2 Å². The summed E-state index contributed by atoms with van der Waals surface area (Å²) in [6, 6.07) is 10.1. The first kappa shape index (κ1) is 23.5. The van der Waals surface area contributed by atoms with E-state index in [1.54, 1.807) is 24.3 Å². The first-order chi connectivity index (χ1) is 15.3. The Morgan fingerprint density at radius 2 is 1.56 bits per heavy atom. The number of hydrogen-bond acceptors (Lipinski definition) is 4. The molecule has 7 nitrogen and oxygen atoms in total. The average molecular weight is 446 g/mol. The standard InChI is InChI=1S/C23H28F2N4O3/c1-15-13-29(14-16(2)32-15)21-8-5-18(9-20(21)25)11-26-22(30)12-28-23(31)27-10-17-3-6-19(24)7-4-17/h3-9,15-16H,10-14H2,1-2H3,(H,26,30)(H2,27,28,31). The minimum absolute atomic E-state index is 0.0255. The fourth-order valence-electron chi connectivity index (χ4n) is 3.56. The van der Waals surface area contributed by atoms with Crippen LogP contribution in [0.2, 0.25) is 0 Å². The number of morpholine rings is 1. The Labute approximate surface area is 186 Å². The summed E-state index contributed by atoms with van der Waals surface area (Å²) < 4.78 is 33.2. The summed E-state index contributed by atoms with van der Waals surface area (Å²) in [6.07, 6.45) is 0.0509. The molecule has 32 heavy (non-hydrogen) atoms. The number of carbonyl (C=O) groups excluding carboxylic acids is 2. The number of carbonyl (C=O) groups is 2. The zero-order chi connectivity index (χ0) is 23.1. The number of halogens is 2. The summed E-state index contributed by atoms with van der Waals surface area (Å²) >= 11 is 0. The number of anilines is 1. The van der Waals surface area contributed by atoms with E-state index >= 15 is 0 Å². The van der Waals surface area contributed by atoms with Crippen molar-refractivity contribution in [3.63, 3.8) is 0 Å². The highest BCUT2D eigenvalue weighted by molar-refractivity contribution is 5.83. The normalized spacial score (nSPS) is 18.2.